The molecule has 0 radical (unpaired) electrons. The maximum Gasteiger partial charge on any atom is 0.139 e. The van der Waals surface area contributed by atoms with Crippen molar-refractivity contribution in [2.45, 2.75) is 45.8 Å². The van der Waals surface area contributed by atoms with Gasteiger partial charge in [-0.25, -0.2) is 0 Å². The Bertz CT molecular complexity index is 394. The monoisotopic (exact) mass is 234 g/mol. The lowest BCUT2D eigenvalue weighted by Crippen LogP contribution is -2.33. The van der Waals surface area contributed by atoms with Crippen LogP contribution in [0.1, 0.15) is 36.7 Å². The molecule has 1 aromatic carbocycles. The first-order valence-corrected chi connectivity index (χ1v) is 9.28. The quantitative estimate of drug-likeness (QED) is 0.706. The largest absolute Gasteiger partial charge is 0.300 e. The van der Waals surface area contributed by atoms with E-state index >= 15 is 0 Å². The molecular formula is C14H22OSi. The molecule has 0 saturated heterocycles. The van der Waals surface area contributed by atoms with Gasteiger partial charge >= 0.3 is 0 Å². The van der Waals surface area contributed by atoms with Gasteiger partial charge in [-0.2, -0.15) is 0 Å². The van der Waals surface area contributed by atoms with Crippen molar-refractivity contribution in [2.75, 3.05) is 0 Å². The lowest BCUT2D eigenvalue weighted by atomic mass is 9.86. The second-order valence-corrected chi connectivity index (χ2v) is 11.4. The molecule has 2 heteroatoms. The predicted molar refractivity (Wildman–Crippen MR) is 72.8 cm³/mol. The van der Waals surface area contributed by atoms with E-state index in [0.717, 1.165) is 5.56 Å². The summed E-state index contributed by atoms with van der Waals surface area (Å²) < 4.78 is 0. The zero-order chi connectivity index (χ0) is 12.6. The number of benzene rings is 1. The van der Waals surface area contributed by atoms with Gasteiger partial charge in [0.15, 0.2) is 0 Å². The summed E-state index contributed by atoms with van der Waals surface area (Å²) in [6.45, 7) is 12.8. The molecule has 0 unspecified atom stereocenters. The highest BCUT2D eigenvalue weighted by molar-refractivity contribution is 7.05. The van der Waals surface area contributed by atoms with Crippen molar-refractivity contribution in [3.63, 3.8) is 0 Å². The normalized spacial score (nSPS) is 12.6. The van der Waals surface area contributed by atoms with Crippen LogP contribution in [-0.4, -0.2) is 13.5 Å². The Morgan fingerprint density at radius 3 is 2.12 bits per heavy atom. The topological polar surface area (TPSA) is 17.1 Å². The molecule has 0 aromatic heterocycles. The molecule has 1 rings (SSSR count). The van der Waals surface area contributed by atoms with E-state index in [1.165, 1.54) is 5.56 Å². The summed E-state index contributed by atoms with van der Waals surface area (Å²) in [5.74, 6) is 0. The Morgan fingerprint density at radius 2 is 1.69 bits per heavy atom. The van der Waals surface area contributed by atoms with Gasteiger partial charge in [0, 0.05) is 5.56 Å². The third-order valence-corrected chi connectivity index (χ3v) is 4.32. The van der Waals surface area contributed by atoms with Crippen LogP contribution in [0.5, 0.6) is 0 Å². The van der Waals surface area contributed by atoms with Crippen molar-refractivity contribution in [1.29, 1.82) is 0 Å². The Balaban J connectivity index is 3.14. The van der Waals surface area contributed by atoms with Crippen LogP contribution in [0.2, 0.25) is 19.6 Å². The van der Waals surface area contributed by atoms with Gasteiger partial charge in [-0.3, -0.25) is 0 Å². The standard InChI is InChI=1S/C14H22OSi/c1-14(2,3)12-9-7-8-11(10-12)13(15)16(4,5)6/h7-10H,1-6H3. The van der Waals surface area contributed by atoms with Crippen molar-refractivity contribution in [3.8, 4) is 0 Å². The average molecular weight is 234 g/mol. The molecule has 0 spiro atoms. The van der Waals surface area contributed by atoms with E-state index in [1.54, 1.807) is 0 Å². The van der Waals surface area contributed by atoms with E-state index in [1.807, 2.05) is 12.1 Å². The van der Waals surface area contributed by atoms with E-state index in [-0.39, 0.29) is 5.41 Å². The van der Waals surface area contributed by atoms with Gasteiger partial charge < -0.3 is 4.79 Å². The molecule has 0 heterocycles. The predicted octanol–water partition coefficient (Wildman–Crippen LogP) is 4.04. The fraction of sp³-hybridized carbons (Fsp3) is 0.500. The van der Waals surface area contributed by atoms with Crippen LogP contribution in [-0.2, 0) is 5.41 Å². The molecule has 0 atom stereocenters. The van der Waals surface area contributed by atoms with Gasteiger partial charge in [-0.15, -0.1) is 0 Å². The second kappa shape index (κ2) is 4.17. The van der Waals surface area contributed by atoms with E-state index < -0.39 is 8.07 Å². The van der Waals surface area contributed by atoms with Gasteiger partial charge in [0.25, 0.3) is 0 Å². The van der Waals surface area contributed by atoms with Crippen molar-refractivity contribution >= 4 is 13.5 Å². The molecule has 1 aromatic rings. The fourth-order valence-electron chi connectivity index (χ4n) is 1.56. The average Bonchev–Trinajstić information content (AvgIpc) is 2.14. The molecule has 0 bridgehead atoms. The first-order chi connectivity index (χ1) is 7.12. The van der Waals surface area contributed by atoms with Crippen LogP contribution < -0.4 is 0 Å². The highest BCUT2D eigenvalue weighted by Crippen LogP contribution is 2.24. The summed E-state index contributed by atoms with van der Waals surface area (Å²) in [7, 11) is -1.72. The summed E-state index contributed by atoms with van der Waals surface area (Å²) in [6, 6.07) is 8.09. The van der Waals surface area contributed by atoms with Crippen LogP contribution in [0.4, 0.5) is 0 Å². The maximum atomic E-state index is 12.2. The van der Waals surface area contributed by atoms with E-state index in [9.17, 15) is 4.79 Å². The molecule has 0 N–H and O–H groups in total. The number of carbonyl (C=O) groups excluding carboxylic acids is 1. The highest BCUT2D eigenvalue weighted by atomic mass is 28.3. The Morgan fingerprint density at radius 1 is 1.12 bits per heavy atom. The minimum atomic E-state index is -1.72. The number of carbonyl (C=O) groups is 1. The van der Waals surface area contributed by atoms with Crippen molar-refractivity contribution < 1.29 is 4.79 Å². The fourth-order valence-corrected chi connectivity index (χ4v) is 2.58. The molecule has 88 valence electrons. The molecule has 1 nitrogen and oxygen atoms in total. The lowest BCUT2D eigenvalue weighted by Gasteiger charge is -2.21. The third-order valence-electron chi connectivity index (χ3n) is 2.67. The Kier molecular flexibility index (Phi) is 3.43. The van der Waals surface area contributed by atoms with Crippen molar-refractivity contribution in [3.05, 3.63) is 35.4 Å². The van der Waals surface area contributed by atoms with Gasteiger partial charge in [-0.1, -0.05) is 58.6 Å². The summed E-state index contributed by atoms with van der Waals surface area (Å²) in [4.78, 5) is 12.2. The molecule has 0 aliphatic heterocycles. The molecule has 0 fully saturated rings. The van der Waals surface area contributed by atoms with Crippen LogP contribution in [0.15, 0.2) is 24.3 Å². The van der Waals surface area contributed by atoms with Crippen LogP contribution >= 0.6 is 0 Å². The van der Waals surface area contributed by atoms with Gasteiger partial charge in [0.2, 0.25) is 0 Å². The van der Waals surface area contributed by atoms with E-state index in [4.69, 9.17) is 0 Å². The van der Waals surface area contributed by atoms with E-state index in [2.05, 4.69) is 52.5 Å². The smallest absolute Gasteiger partial charge is 0.139 e. The number of rotatable bonds is 2. The molecule has 0 saturated carbocycles. The highest BCUT2D eigenvalue weighted by Gasteiger charge is 2.26. The molecular weight excluding hydrogens is 212 g/mol. The van der Waals surface area contributed by atoms with Crippen molar-refractivity contribution in [1.82, 2.24) is 0 Å². The van der Waals surface area contributed by atoms with E-state index in [0.29, 0.717) is 5.41 Å². The third kappa shape index (κ3) is 3.05. The molecule has 0 aliphatic rings. The van der Waals surface area contributed by atoms with Crippen LogP contribution in [0, 0.1) is 0 Å². The maximum absolute atomic E-state index is 12.2. The number of hydrogen-bond acceptors (Lipinski definition) is 1. The lowest BCUT2D eigenvalue weighted by molar-refractivity contribution is 0.106. The summed E-state index contributed by atoms with van der Waals surface area (Å²) in [5, 5.41) is 0.346. The zero-order valence-corrected chi connectivity index (χ0v) is 12.2. The number of hydrogen-bond donors (Lipinski definition) is 0. The molecule has 0 amide bonds. The van der Waals surface area contributed by atoms with Crippen LogP contribution in [0.25, 0.3) is 0 Å². The van der Waals surface area contributed by atoms with Gasteiger partial charge in [0.05, 0.1) is 0 Å². The summed E-state index contributed by atoms with van der Waals surface area (Å²) in [6.07, 6.45) is 0. The summed E-state index contributed by atoms with van der Waals surface area (Å²) in [5.41, 5.74) is 2.22. The molecule has 0 aliphatic carbocycles. The first kappa shape index (κ1) is 13.2. The van der Waals surface area contributed by atoms with Gasteiger partial charge in [0.1, 0.15) is 13.5 Å². The minimum absolute atomic E-state index is 0.107. The SMILES string of the molecule is CC(C)(C)c1cccc(C(=O)[Si](C)(C)C)c1. The minimum Gasteiger partial charge on any atom is -0.300 e. The van der Waals surface area contributed by atoms with Gasteiger partial charge in [-0.05, 0) is 17.0 Å². The second-order valence-electron chi connectivity index (χ2n) is 6.41. The van der Waals surface area contributed by atoms with Crippen molar-refractivity contribution in [2.24, 2.45) is 0 Å². The Labute approximate surface area is 99.9 Å². The Hall–Kier alpha value is -0.893. The summed E-state index contributed by atoms with van der Waals surface area (Å²) >= 11 is 0. The molecule has 16 heavy (non-hydrogen) atoms. The first-order valence-electron chi connectivity index (χ1n) is 5.78. The zero-order valence-electron chi connectivity index (χ0n) is 11.2. The van der Waals surface area contributed by atoms with Crippen LogP contribution in [0.3, 0.4) is 0 Å².